The first kappa shape index (κ1) is 9.59. The van der Waals surface area contributed by atoms with E-state index in [4.69, 9.17) is 0 Å². The molecule has 0 radical (unpaired) electrons. The number of nitrogens with zero attached hydrogens (tertiary/aromatic N) is 1. The minimum absolute atomic E-state index is 0.0115. The summed E-state index contributed by atoms with van der Waals surface area (Å²) in [6.07, 6.45) is 0. The molecule has 2 aliphatic rings. The number of aliphatic imine (C=N–C) groups is 1. The van der Waals surface area contributed by atoms with E-state index in [1.807, 2.05) is 48.5 Å². The van der Waals surface area contributed by atoms with Gasteiger partial charge in [0.2, 0.25) is 5.91 Å². The van der Waals surface area contributed by atoms with Crippen molar-refractivity contribution in [2.75, 3.05) is 5.32 Å². The van der Waals surface area contributed by atoms with Crippen molar-refractivity contribution in [2.45, 2.75) is 5.92 Å². The van der Waals surface area contributed by atoms with Crippen LogP contribution in [0.3, 0.4) is 0 Å². The lowest BCUT2D eigenvalue weighted by molar-refractivity contribution is -0.116. The van der Waals surface area contributed by atoms with E-state index in [2.05, 4.69) is 10.3 Å². The molecule has 0 aromatic heterocycles. The Labute approximate surface area is 104 Å². The predicted molar refractivity (Wildman–Crippen MR) is 70.5 cm³/mol. The second-order valence-corrected chi connectivity index (χ2v) is 4.52. The average Bonchev–Trinajstić information content (AvgIpc) is 2.79. The fourth-order valence-electron chi connectivity index (χ4n) is 2.68. The molecule has 2 aliphatic heterocycles. The standard InChI is InChI=1S/C15H10N2O/c18-15-13-9-5-1-3-7-11(9)16-14(13)10-6-2-4-8-12(10)17-15/h1-8,13H,(H,17,18). The lowest BCUT2D eigenvalue weighted by Gasteiger charge is -2.23. The van der Waals surface area contributed by atoms with E-state index in [-0.39, 0.29) is 11.8 Å². The van der Waals surface area contributed by atoms with Crippen molar-refractivity contribution in [3.8, 4) is 0 Å². The van der Waals surface area contributed by atoms with Gasteiger partial charge in [0.25, 0.3) is 0 Å². The maximum atomic E-state index is 12.2. The topological polar surface area (TPSA) is 41.5 Å². The maximum absolute atomic E-state index is 12.2. The molecule has 0 saturated carbocycles. The van der Waals surface area contributed by atoms with Crippen LogP contribution < -0.4 is 5.32 Å². The van der Waals surface area contributed by atoms with Gasteiger partial charge in [-0.3, -0.25) is 9.79 Å². The normalized spacial score (nSPS) is 19.4. The van der Waals surface area contributed by atoms with E-state index in [9.17, 15) is 4.79 Å². The summed E-state index contributed by atoms with van der Waals surface area (Å²) in [4.78, 5) is 16.8. The molecule has 0 aliphatic carbocycles. The minimum atomic E-state index is -0.254. The van der Waals surface area contributed by atoms with Crippen LogP contribution >= 0.6 is 0 Å². The molecule has 4 rings (SSSR count). The molecule has 0 fully saturated rings. The Hall–Kier alpha value is -2.42. The van der Waals surface area contributed by atoms with Gasteiger partial charge in [0.05, 0.1) is 11.4 Å². The first-order chi connectivity index (χ1) is 8.84. The van der Waals surface area contributed by atoms with Crippen LogP contribution in [0.5, 0.6) is 0 Å². The summed E-state index contributed by atoms with van der Waals surface area (Å²) >= 11 is 0. The summed E-state index contributed by atoms with van der Waals surface area (Å²) in [5.41, 5.74) is 4.66. The van der Waals surface area contributed by atoms with E-state index < -0.39 is 0 Å². The summed E-state index contributed by atoms with van der Waals surface area (Å²) in [5.74, 6) is -0.242. The highest BCUT2D eigenvalue weighted by Crippen LogP contribution is 2.41. The molecule has 1 N–H and O–H groups in total. The molecule has 0 saturated heterocycles. The molecule has 1 amide bonds. The van der Waals surface area contributed by atoms with Crippen LogP contribution in [0.25, 0.3) is 0 Å². The molecule has 86 valence electrons. The number of rotatable bonds is 0. The first-order valence-corrected chi connectivity index (χ1v) is 5.92. The molecule has 3 nitrogen and oxygen atoms in total. The molecule has 0 spiro atoms. The number of hydrogen-bond donors (Lipinski definition) is 1. The van der Waals surface area contributed by atoms with Crippen molar-refractivity contribution in [3.63, 3.8) is 0 Å². The fraction of sp³-hybridized carbons (Fsp3) is 0.0667. The lowest BCUT2D eigenvalue weighted by Crippen LogP contribution is -2.31. The number of carbonyl (C=O) groups is 1. The van der Waals surface area contributed by atoms with Crippen molar-refractivity contribution >= 4 is 23.0 Å². The molecule has 0 bridgehead atoms. The molecule has 3 heteroatoms. The summed E-state index contributed by atoms with van der Waals surface area (Å²) in [7, 11) is 0. The zero-order valence-electron chi connectivity index (χ0n) is 9.55. The zero-order valence-corrected chi connectivity index (χ0v) is 9.55. The van der Waals surface area contributed by atoms with Gasteiger partial charge < -0.3 is 5.32 Å². The Morgan fingerprint density at radius 3 is 2.72 bits per heavy atom. The number of carbonyl (C=O) groups excluding carboxylic acids is 1. The molecular formula is C15H10N2O. The second-order valence-electron chi connectivity index (χ2n) is 4.52. The zero-order chi connectivity index (χ0) is 12.1. The van der Waals surface area contributed by atoms with Crippen LogP contribution in [-0.4, -0.2) is 11.6 Å². The molecule has 2 aromatic carbocycles. The van der Waals surface area contributed by atoms with Crippen LogP contribution in [0.4, 0.5) is 11.4 Å². The molecule has 2 aromatic rings. The Morgan fingerprint density at radius 1 is 1.00 bits per heavy atom. The third-order valence-corrected chi connectivity index (χ3v) is 3.49. The molecule has 1 atom stereocenters. The number of anilines is 1. The number of fused-ring (bicyclic) bond motifs is 5. The van der Waals surface area contributed by atoms with Crippen LogP contribution in [-0.2, 0) is 4.79 Å². The van der Waals surface area contributed by atoms with Crippen molar-refractivity contribution in [3.05, 3.63) is 59.7 Å². The van der Waals surface area contributed by atoms with Gasteiger partial charge in [-0.15, -0.1) is 0 Å². The lowest BCUT2D eigenvalue weighted by atomic mass is 9.87. The van der Waals surface area contributed by atoms with Crippen LogP contribution in [0, 0.1) is 0 Å². The average molecular weight is 234 g/mol. The van der Waals surface area contributed by atoms with Crippen molar-refractivity contribution in [1.29, 1.82) is 0 Å². The molecule has 2 heterocycles. The van der Waals surface area contributed by atoms with Gasteiger partial charge in [0.1, 0.15) is 5.92 Å². The van der Waals surface area contributed by atoms with Gasteiger partial charge in [0.15, 0.2) is 0 Å². The summed E-state index contributed by atoms with van der Waals surface area (Å²) in [5, 5.41) is 2.95. The summed E-state index contributed by atoms with van der Waals surface area (Å²) in [6.45, 7) is 0. The molecule has 1 unspecified atom stereocenters. The Balaban J connectivity index is 1.99. The largest absolute Gasteiger partial charge is 0.325 e. The molecule has 18 heavy (non-hydrogen) atoms. The quantitative estimate of drug-likeness (QED) is 0.748. The smallest absolute Gasteiger partial charge is 0.238 e. The van der Waals surface area contributed by atoms with Gasteiger partial charge in [-0.2, -0.15) is 0 Å². The van der Waals surface area contributed by atoms with Crippen LogP contribution in [0.2, 0.25) is 0 Å². The highest BCUT2D eigenvalue weighted by Gasteiger charge is 2.38. The van der Waals surface area contributed by atoms with Crippen LogP contribution in [0.1, 0.15) is 17.0 Å². The van der Waals surface area contributed by atoms with E-state index in [1.54, 1.807) is 0 Å². The predicted octanol–water partition coefficient (Wildman–Crippen LogP) is 2.86. The second kappa shape index (κ2) is 3.29. The van der Waals surface area contributed by atoms with E-state index in [1.165, 1.54) is 0 Å². The van der Waals surface area contributed by atoms with Gasteiger partial charge in [-0.1, -0.05) is 36.4 Å². The SMILES string of the molecule is O=C1Nc2ccccc2C2=Nc3ccccc3C12. The third-order valence-electron chi connectivity index (χ3n) is 3.49. The Bertz CT molecular complexity index is 703. The first-order valence-electron chi connectivity index (χ1n) is 5.92. The van der Waals surface area contributed by atoms with Crippen LogP contribution in [0.15, 0.2) is 53.5 Å². The van der Waals surface area contributed by atoms with E-state index in [0.717, 1.165) is 28.2 Å². The van der Waals surface area contributed by atoms with Gasteiger partial charge in [-0.05, 0) is 17.7 Å². The fourth-order valence-corrected chi connectivity index (χ4v) is 2.68. The van der Waals surface area contributed by atoms with Crippen molar-refractivity contribution < 1.29 is 4.79 Å². The van der Waals surface area contributed by atoms with Gasteiger partial charge in [0, 0.05) is 11.3 Å². The molecular weight excluding hydrogens is 224 g/mol. The number of para-hydroxylation sites is 2. The summed E-state index contributed by atoms with van der Waals surface area (Å²) < 4.78 is 0. The Kier molecular flexibility index (Phi) is 1.75. The number of hydrogen-bond acceptors (Lipinski definition) is 2. The van der Waals surface area contributed by atoms with Gasteiger partial charge in [-0.25, -0.2) is 0 Å². The number of amides is 1. The van der Waals surface area contributed by atoms with Crippen molar-refractivity contribution in [2.24, 2.45) is 4.99 Å². The number of nitrogens with one attached hydrogen (secondary N) is 1. The highest BCUT2D eigenvalue weighted by atomic mass is 16.2. The monoisotopic (exact) mass is 234 g/mol. The minimum Gasteiger partial charge on any atom is -0.325 e. The highest BCUT2D eigenvalue weighted by molar-refractivity contribution is 6.28. The van der Waals surface area contributed by atoms with E-state index in [0.29, 0.717) is 0 Å². The van der Waals surface area contributed by atoms with E-state index >= 15 is 0 Å². The summed E-state index contributed by atoms with van der Waals surface area (Å²) in [6, 6.07) is 15.6. The maximum Gasteiger partial charge on any atom is 0.238 e. The van der Waals surface area contributed by atoms with Crippen molar-refractivity contribution in [1.82, 2.24) is 0 Å². The third kappa shape index (κ3) is 1.13. The number of benzene rings is 2. The van der Waals surface area contributed by atoms with Gasteiger partial charge >= 0.3 is 0 Å². The Morgan fingerprint density at radius 2 is 1.78 bits per heavy atom.